The molecule has 0 radical (unpaired) electrons. The van der Waals surface area contributed by atoms with E-state index < -0.39 is 0 Å². The average Bonchev–Trinajstić information content (AvgIpc) is 3.09. The molecule has 0 aromatic carbocycles. The minimum absolute atomic E-state index is 0.0845. The predicted molar refractivity (Wildman–Crippen MR) is 93.7 cm³/mol. The Morgan fingerprint density at radius 3 is 2.54 bits per heavy atom. The molecule has 4 nitrogen and oxygen atoms in total. The molecule has 3 rings (SSSR count). The molecule has 0 unspecified atom stereocenters. The van der Waals surface area contributed by atoms with Crippen LogP contribution in [-0.4, -0.2) is 4.57 Å². The van der Waals surface area contributed by atoms with Crippen LogP contribution in [0.15, 0.2) is 11.6 Å². The molecular weight excluding hydrogens is 316 g/mol. The second-order valence-electron chi connectivity index (χ2n) is 5.95. The molecule has 0 saturated heterocycles. The first-order valence-electron chi connectivity index (χ1n) is 7.86. The summed E-state index contributed by atoms with van der Waals surface area (Å²) in [5.74, 6) is 0. The third-order valence-electron chi connectivity index (χ3n) is 4.48. The Kier molecular flexibility index (Phi) is 4.26. The number of nitriles is 3. The third kappa shape index (κ3) is 2.52. The molecule has 0 amide bonds. The van der Waals surface area contributed by atoms with Crippen molar-refractivity contribution < 1.29 is 0 Å². The van der Waals surface area contributed by atoms with Gasteiger partial charge in [-0.15, -0.1) is 11.3 Å². The van der Waals surface area contributed by atoms with E-state index in [9.17, 15) is 5.26 Å². The molecule has 0 saturated carbocycles. The summed E-state index contributed by atoms with van der Waals surface area (Å²) >= 11 is 1.70. The molecule has 2 heterocycles. The second kappa shape index (κ2) is 6.36. The lowest BCUT2D eigenvalue weighted by Gasteiger charge is -2.10. The highest BCUT2D eigenvalue weighted by atomic mass is 32.1. The maximum atomic E-state index is 9.68. The van der Waals surface area contributed by atoms with Gasteiger partial charge in [-0.3, -0.25) is 0 Å². The molecule has 0 bridgehead atoms. The Bertz CT molecular complexity index is 951. The number of aromatic nitrogens is 1. The number of thiophene rings is 1. The van der Waals surface area contributed by atoms with Crippen molar-refractivity contribution in [1.29, 1.82) is 15.8 Å². The predicted octanol–water partition coefficient (Wildman–Crippen LogP) is 4.34. The SMILES string of the molecule is Cc1cc(C=C(C#N)C#N)c(C)n1-c1sc2c(c1C#N)CCCC2. The van der Waals surface area contributed by atoms with Gasteiger partial charge in [0.25, 0.3) is 0 Å². The number of hydrogen-bond donors (Lipinski definition) is 0. The van der Waals surface area contributed by atoms with Crippen molar-refractivity contribution in [1.82, 2.24) is 4.57 Å². The quantitative estimate of drug-likeness (QED) is 0.768. The fourth-order valence-electron chi connectivity index (χ4n) is 3.32. The summed E-state index contributed by atoms with van der Waals surface area (Å²) in [6.07, 6.45) is 5.96. The Labute approximate surface area is 145 Å². The van der Waals surface area contributed by atoms with Gasteiger partial charge in [0.15, 0.2) is 0 Å². The lowest BCUT2D eigenvalue weighted by atomic mass is 9.96. The Balaban J connectivity index is 2.19. The van der Waals surface area contributed by atoms with Crippen molar-refractivity contribution in [2.45, 2.75) is 39.5 Å². The van der Waals surface area contributed by atoms with E-state index >= 15 is 0 Å². The number of nitrogens with zero attached hydrogens (tertiary/aromatic N) is 4. The fourth-order valence-corrected chi connectivity index (χ4v) is 4.77. The molecule has 24 heavy (non-hydrogen) atoms. The highest BCUT2D eigenvalue weighted by molar-refractivity contribution is 7.15. The van der Waals surface area contributed by atoms with E-state index in [4.69, 9.17) is 10.5 Å². The van der Waals surface area contributed by atoms with Crippen molar-refractivity contribution in [3.63, 3.8) is 0 Å². The van der Waals surface area contributed by atoms with E-state index in [1.54, 1.807) is 17.4 Å². The number of hydrogen-bond acceptors (Lipinski definition) is 4. The van der Waals surface area contributed by atoms with E-state index in [-0.39, 0.29) is 5.57 Å². The summed E-state index contributed by atoms with van der Waals surface area (Å²) in [4.78, 5) is 1.33. The number of allylic oxidation sites excluding steroid dienone is 1. The summed E-state index contributed by atoms with van der Waals surface area (Å²) in [6, 6.07) is 8.16. The van der Waals surface area contributed by atoms with E-state index in [0.29, 0.717) is 0 Å². The summed E-state index contributed by atoms with van der Waals surface area (Å²) in [6.45, 7) is 3.95. The van der Waals surface area contributed by atoms with Crippen LogP contribution in [0.5, 0.6) is 0 Å². The summed E-state index contributed by atoms with van der Waals surface area (Å²) in [5.41, 5.74) is 4.88. The molecule has 1 aliphatic carbocycles. The van der Waals surface area contributed by atoms with Crippen LogP contribution in [0, 0.1) is 47.8 Å². The van der Waals surface area contributed by atoms with Gasteiger partial charge in [0, 0.05) is 16.3 Å². The average molecular weight is 332 g/mol. The van der Waals surface area contributed by atoms with Crippen LogP contribution in [0.3, 0.4) is 0 Å². The topological polar surface area (TPSA) is 76.3 Å². The number of rotatable bonds is 2. The molecule has 5 heteroatoms. The molecule has 0 fully saturated rings. The van der Waals surface area contributed by atoms with Gasteiger partial charge in [-0.05, 0) is 62.8 Å². The zero-order chi connectivity index (χ0) is 17.3. The van der Waals surface area contributed by atoms with Crippen LogP contribution >= 0.6 is 11.3 Å². The van der Waals surface area contributed by atoms with Crippen LogP contribution in [0.1, 0.15) is 45.8 Å². The minimum atomic E-state index is 0.0845. The van der Waals surface area contributed by atoms with Gasteiger partial charge in [0.2, 0.25) is 0 Å². The normalized spacial score (nSPS) is 12.6. The minimum Gasteiger partial charge on any atom is -0.308 e. The first kappa shape index (κ1) is 16.1. The van der Waals surface area contributed by atoms with Gasteiger partial charge in [0.1, 0.15) is 28.8 Å². The molecule has 2 aromatic rings. The highest BCUT2D eigenvalue weighted by Crippen LogP contribution is 2.38. The zero-order valence-electron chi connectivity index (χ0n) is 13.7. The maximum absolute atomic E-state index is 9.68. The summed E-state index contributed by atoms with van der Waals surface area (Å²) < 4.78 is 2.08. The summed E-state index contributed by atoms with van der Waals surface area (Å²) in [5, 5.41) is 28.6. The van der Waals surface area contributed by atoms with Gasteiger partial charge in [0.05, 0.1) is 5.56 Å². The molecule has 0 aliphatic heterocycles. The van der Waals surface area contributed by atoms with E-state index in [1.807, 2.05) is 32.1 Å². The van der Waals surface area contributed by atoms with Crippen molar-refractivity contribution in [3.8, 4) is 23.2 Å². The van der Waals surface area contributed by atoms with E-state index in [0.717, 1.165) is 46.8 Å². The van der Waals surface area contributed by atoms with Crippen molar-refractivity contribution in [2.24, 2.45) is 0 Å². The van der Waals surface area contributed by atoms with Crippen molar-refractivity contribution >= 4 is 17.4 Å². The van der Waals surface area contributed by atoms with Crippen LogP contribution in [0.25, 0.3) is 11.1 Å². The first-order chi connectivity index (χ1) is 11.6. The Morgan fingerprint density at radius 1 is 1.17 bits per heavy atom. The number of aryl methyl sites for hydroxylation is 2. The molecule has 2 aromatic heterocycles. The first-order valence-corrected chi connectivity index (χ1v) is 8.68. The van der Waals surface area contributed by atoms with Crippen LogP contribution in [0.2, 0.25) is 0 Å². The molecule has 0 N–H and O–H groups in total. The smallest absolute Gasteiger partial charge is 0.130 e. The van der Waals surface area contributed by atoms with Crippen molar-refractivity contribution in [2.75, 3.05) is 0 Å². The molecule has 118 valence electrons. The molecule has 0 atom stereocenters. The molecule has 1 aliphatic rings. The Morgan fingerprint density at radius 2 is 1.88 bits per heavy atom. The van der Waals surface area contributed by atoms with E-state index in [2.05, 4.69) is 10.6 Å². The highest BCUT2D eigenvalue weighted by Gasteiger charge is 2.23. The third-order valence-corrected chi connectivity index (χ3v) is 5.76. The van der Waals surface area contributed by atoms with Crippen molar-refractivity contribution in [3.05, 3.63) is 44.6 Å². The monoisotopic (exact) mass is 332 g/mol. The fraction of sp³-hybridized carbons (Fsp3) is 0.316. The molecule has 0 spiro atoms. The van der Waals surface area contributed by atoms with Crippen LogP contribution < -0.4 is 0 Å². The zero-order valence-corrected chi connectivity index (χ0v) is 14.5. The van der Waals surface area contributed by atoms with E-state index in [1.165, 1.54) is 16.9 Å². The van der Waals surface area contributed by atoms with Gasteiger partial charge in [-0.25, -0.2) is 0 Å². The van der Waals surface area contributed by atoms with Gasteiger partial charge < -0.3 is 4.57 Å². The van der Waals surface area contributed by atoms with Gasteiger partial charge in [-0.2, -0.15) is 15.8 Å². The lowest BCUT2D eigenvalue weighted by Crippen LogP contribution is -2.02. The maximum Gasteiger partial charge on any atom is 0.130 e. The standard InChI is InChI=1S/C19H16N4S/c1-12-7-15(8-14(9-20)10-21)13(2)23(12)19-17(11-22)16-5-3-4-6-18(16)24-19/h7-8H,3-6H2,1-2H3. The Hall–Kier alpha value is -2.81. The molecular formula is C19H16N4S. The summed E-state index contributed by atoms with van der Waals surface area (Å²) in [7, 11) is 0. The largest absolute Gasteiger partial charge is 0.308 e. The van der Waals surface area contributed by atoms with Gasteiger partial charge >= 0.3 is 0 Å². The lowest BCUT2D eigenvalue weighted by molar-refractivity contribution is 0.695. The van der Waals surface area contributed by atoms with Crippen LogP contribution in [-0.2, 0) is 12.8 Å². The van der Waals surface area contributed by atoms with Crippen LogP contribution in [0.4, 0.5) is 0 Å². The second-order valence-corrected chi connectivity index (χ2v) is 7.03. The van der Waals surface area contributed by atoms with Gasteiger partial charge in [-0.1, -0.05) is 0 Å². The number of fused-ring (bicyclic) bond motifs is 1.